The Labute approximate surface area is 122 Å². The Kier molecular flexibility index (Phi) is 5.65. The van der Waals surface area contributed by atoms with E-state index in [-0.39, 0.29) is 0 Å². The highest BCUT2D eigenvalue weighted by Crippen LogP contribution is 2.23. The molecule has 0 bridgehead atoms. The molecule has 2 heterocycles. The zero-order valence-electron chi connectivity index (χ0n) is 12.9. The predicted octanol–water partition coefficient (Wildman–Crippen LogP) is 2.69. The van der Waals surface area contributed by atoms with Crippen molar-refractivity contribution in [2.45, 2.75) is 39.7 Å². The van der Waals surface area contributed by atoms with Crippen LogP contribution in [0.2, 0.25) is 0 Å². The number of nitrogens with one attached hydrogen (secondary N) is 1. The molecule has 0 amide bonds. The summed E-state index contributed by atoms with van der Waals surface area (Å²) < 4.78 is 5.49. The Morgan fingerprint density at radius 2 is 2.30 bits per heavy atom. The minimum atomic E-state index is 0.560. The van der Waals surface area contributed by atoms with Gasteiger partial charge in [-0.3, -0.25) is 0 Å². The summed E-state index contributed by atoms with van der Waals surface area (Å²) in [6, 6.07) is 6.60. The molecule has 4 nitrogen and oxygen atoms in total. The lowest BCUT2D eigenvalue weighted by molar-refractivity contribution is 0.326. The van der Waals surface area contributed by atoms with Crippen molar-refractivity contribution in [1.29, 1.82) is 0 Å². The first kappa shape index (κ1) is 15.1. The summed E-state index contributed by atoms with van der Waals surface area (Å²) in [5.41, 5.74) is 0. The van der Waals surface area contributed by atoms with Gasteiger partial charge in [-0.05, 0) is 38.3 Å². The molecule has 4 heteroatoms. The van der Waals surface area contributed by atoms with E-state index in [0.29, 0.717) is 18.6 Å². The van der Waals surface area contributed by atoms with Crippen LogP contribution in [0, 0.1) is 5.92 Å². The maximum absolute atomic E-state index is 5.49. The fourth-order valence-corrected chi connectivity index (χ4v) is 2.65. The topological polar surface area (TPSA) is 37.4 Å². The molecule has 1 fully saturated rings. The van der Waals surface area contributed by atoms with Gasteiger partial charge in [0.2, 0.25) is 5.88 Å². The van der Waals surface area contributed by atoms with Crippen LogP contribution in [0.3, 0.4) is 0 Å². The number of hydrogen-bond donors (Lipinski definition) is 1. The van der Waals surface area contributed by atoms with E-state index < -0.39 is 0 Å². The van der Waals surface area contributed by atoms with Crippen LogP contribution >= 0.6 is 0 Å². The van der Waals surface area contributed by atoms with Gasteiger partial charge in [-0.15, -0.1) is 0 Å². The Bertz CT molecular complexity index is 408. The number of hydrogen-bond acceptors (Lipinski definition) is 4. The van der Waals surface area contributed by atoms with Crippen molar-refractivity contribution in [1.82, 2.24) is 10.3 Å². The Hall–Kier alpha value is -1.29. The van der Waals surface area contributed by atoms with Gasteiger partial charge in [0.15, 0.2) is 0 Å². The fourth-order valence-electron chi connectivity index (χ4n) is 2.65. The number of rotatable bonds is 6. The van der Waals surface area contributed by atoms with Gasteiger partial charge in [-0.25, -0.2) is 0 Å². The molecular formula is C16H27N3O. The number of pyridine rings is 1. The molecule has 1 unspecified atom stereocenters. The van der Waals surface area contributed by atoms with E-state index in [1.54, 1.807) is 0 Å². The summed E-state index contributed by atoms with van der Waals surface area (Å²) in [4.78, 5) is 6.99. The maximum Gasteiger partial charge on any atom is 0.215 e. The van der Waals surface area contributed by atoms with Crippen LogP contribution in [0.4, 0.5) is 5.82 Å². The Morgan fingerprint density at radius 1 is 1.45 bits per heavy atom. The zero-order chi connectivity index (χ0) is 14.4. The molecular weight excluding hydrogens is 250 g/mol. The minimum Gasteiger partial charge on any atom is -0.478 e. The van der Waals surface area contributed by atoms with Crippen molar-refractivity contribution in [3.05, 3.63) is 18.2 Å². The van der Waals surface area contributed by atoms with E-state index in [4.69, 9.17) is 4.74 Å². The summed E-state index contributed by atoms with van der Waals surface area (Å²) in [6.07, 6.45) is 2.55. The molecule has 112 valence electrons. The first-order chi connectivity index (χ1) is 9.69. The van der Waals surface area contributed by atoms with E-state index in [0.717, 1.165) is 31.3 Å². The molecule has 2 rings (SSSR count). The third-order valence-electron chi connectivity index (χ3n) is 3.66. The molecule has 1 N–H and O–H groups in total. The molecule has 0 radical (unpaired) electrons. The second-order valence-electron chi connectivity index (χ2n) is 5.78. The highest BCUT2D eigenvalue weighted by molar-refractivity contribution is 5.41. The molecule has 1 aliphatic rings. The molecule has 1 aromatic rings. The molecule has 1 aromatic heterocycles. The van der Waals surface area contributed by atoms with E-state index in [1.165, 1.54) is 12.8 Å². The summed E-state index contributed by atoms with van der Waals surface area (Å²) in [5.74, 6) is 2.49. The molecule has 20 heavy (non-hydrogen) atoms. The smallest absolute Gasteiger partial charge is 0.215 e. The fraction of sp³-hybridized carbons (Fsp3) is 0.688. The predicted molar refractivity (Wildman–Crippen MR) is 83.5 cm³/mol. The summed E-state index contributed by atoms with van der Waals surface area (Å²) in [7, 11) is 0. The van der Waals surface area contributed by atoms with Crippen LogP contribution in [0.15, 0.2) is 18.2 Å². The molecule has 0 aromatic carbocycles. The normalized spacial score (nSPS) is 19.4. The summed E-state index contributed by atoms with van der Waals surface area (Å²) in [6.45, 7) is 10.3. The quantitative estimate of drug-likeness (QED) is 0.867. The van der Waals surface area contributed by atoms with E-state index in [1.807, 2.05) is 19.1 Å². The standard InChI is InChI=1S/C16H27N3O/c1-4-20-16-9-5-8-15(18-16)19-10-6-7-14(12-19)11-17-13(2)3/h5,8-9,13-14,17H,4,6-7,10-12H2,1-3H3. The molecule has 0 spiro atoms. The Morgan fingerprint density at radius 3 is 3.05 bits per heavy atom. The van der Waals surface area contributed by atoms with Gasteiger partial charge in [0.25, 0.3) is 0 Å². The molecule has 1 atom stereocenters. The van der Waals surface area contributed by atoms with E-state index in [9.17, 15) is 0 Å². The van der Waals surface area contributed by atoms with E-state index in [2.05, 4.69) is 35.1 Å². The van der Waals surface area contributed by atoms with Gasteiger partial charge < -0.3 is 15.0 Å². The average molecular weight is 277 g/mol. The number of piperidine rings is 1. The monoisotopic (exact) mass is 277 g/mol. The summed E-state index contributed by atoms with van der Waals surface area (Å²) in [5, 5.41) is 3.55. The second kappa shape index (κ2) is 7.48. The number of anilines is 1. The largest absolute Gasteiger partial charge is 0.478 e. The number of aromatic nitrogens is 1. The van der Waals surface area contributed by atoms with Gasteiger partial charge >= 0.3 is 0 Å². The van der Waals surface area contributed by atoms with E-state index >= 15 is 0 Å². The van der Waals surface area contributed by atoms with Gasteiger partial charge in [-0.2, -0.15) is 4.98 Å². The van der Waals surface area contributed by atoms with Crippen LogP contribution in [0.5, 0.6) is 5.88 Å². The zero-order valence-corrected chi connectivity index (χ0v) is 12.9. The lowest BCUT2D eigenvalue weighted by atomic mass is 9.97. The van der Waals surface area contributed by atoms with Crippen molar-refractivity contribution in [2.75, 3.05) is 31.1 Å². The highest BCUT2D eigenvalue weighted by Gasteiger charge is 2.21. The van der Waals surface area contributed by atoms with Gasteiger partial charge in [-0.1, -0.05) is 19.9 Å². The number of ether oxygens (including phenoxy) is 1. The van der Waals surface area contributed by atoms with Crippen LogP contribution < -0.4 is 15.0 Å². The maximum atomic E-state index is 5.49. The second-order valence-corrected chi connectivity index (χ2v) is 5.78. The summed E-state index contributed by atoms with van der Waals surface area (Å²) >= 11 is 0. The lowest BCUT2D eigenvalue weighted by Gasteiger charge is -2.34. The third kappa shape index (κ3) is 4.37. The van der Waals surface area contributed by atoms with Crippen LogP contribution in [0.25, 0.3) is 0 Å². The molecule has 0 saturated carbocycles. The van der Waals surface area contributed by atoms with Crippen molar-refractivity contribution >= 4 is 5.82 Å². The van der Waals surface area contributed by atoms with Crippen LogP contribution in [0.1, 0.15) is 33.6 Å². The lowest BCUT2D eigenvalue weighted by Crippen LogP contribution is -2.41. The van der Waals surface area contributed by atoms with Crippen LogP contribution in [-0.4, -0.2) is 37.3 Å². The number of nitrogens with zero attached hydrogens (tertiary/aromatic N) is 2. The van der Waals surface area contributed by atoms with Gasteiger partial charge in [0.05, 0.1) is 6.61 Å². The SMILES string of the molecule is CCOc1cccc(N2CCCC(CNC(C)C)C2)n1. The molecule has 1 saturated heterocycles. The third-order valence-corrected chi connectivity index (χ3v) is 3.66. The first-order valence-electron chi connectivity index (χ1n) is 7.77. The van der Waals surface area contributed by atoms with Crippen molar-refractivity contribution in [2.24, 2.45) is 5.92 Å². The molecule has 1 aliphatic heterocycles. The Balaban J connectivity index is 1.95. The average Bonchev–Trinajstić information content (AvgIpc) is 2.46. The van der Waals surface area contributed by atoms with Crippen molar-refractivity contribution in [3.8, 4) is 5.88 Å². The molecule has 0 aliphatic carbocycles. The minimum absolute atomic E-state index is 0.560. The highest BCUT2D eigenvalue weighted by atomic mass is 16.5. The van der Waals surface area contributed by atoms with Crippen molar-refractivity contribution in [3.63, 3.8) is 0 Å². The van der Waals surface area contributed by atoms with Crippen molar-refractivity contribution < 1.29 is 4.74 Å². The van der Waals surface area contributed by atoms with Gasteiger partial charge in [0, 0.05) is 25.2 Å². The van der Waals surface area contributed by atoms with Gasteiger partial charge in [0.1, 0.15) is 5.82 Å². The van der Waals surface area contributed by atoms with Crippen LogP contribution in [-0.2, 0) is 0 Å². The first-order valence-corrected chi connectivity index (χ1v) is 7.77.